The van der Waals surface area contributed by atoms with Gasteiger partial charge in [-0.15, -0.1) is 0 Å². The summed E-state index contributed by atoms with van der Waals surface area (Å²) in [4.78, 5) is 11.8. The largest absolute Gasteiger partial charge is 0.389 e. The van der Waals surface area contributed by atoms with E-state index in [1.54, 1.807) is 0 Å². The van der Waals surface area contributed by atoms with E-state index in [0.717, 1.165) is 12.8 Å². The molecule has 2 unspecified atom stereocenters. The minimum Gasteiger partial charge on any atom is -0.375 e. The third-order valence-corrected chi connectivity index (χ3v) is 3.63. The number of alkyl halides is 3. The Morgan fingerprint density at radius 3 is 2.29 bits per heavy atom. The zero-order valence-corrected chi connectivity index (χ0v) is 9.63. The predicted molar refractivity (Wildman–Crippen MR) is 55.5 cm³/mol. The maximum Gasteiger partial charge on any atom is 0.389 e. The minimum atomic E-state index is -4.14. The molecule has 98 valence electrons. The molecule has 0 aromatic heterocycles. The third-order valence-electron chi connectivity index (χ3n) is 3.63. The third kappa shape index (κ3) is 3.69. The molecular formula is C12H17F3O2. The normalized spacial score (nSPS) is 32.8. The van der Waals surface area contributed by atoms with E-state index in [1.807, 2.05) is 0 Å². The van der Waals surface area contributed by atoms with Gasteiger partial charge in [-0.3, -0.25) is 4.79 Å². The maximum atomic E-state index is 12.0. The lowest BCUT2D eigenvalue weighted by molar-refractivity contribution is -0.139. The summed E-state index contributed by atoms with van der Waals surface area (Å²) in [5.41, 5.74) is 0. The first kappa shape index (κ1) is 12.9. The molecule has 2 aliphatic rings. The van der Waals surface area contributed by atoms with E-state index < -0.39 is 12.6 Å². The number of rotatable bonds is 4. The summed E-state index contributed by atoms with van der Waals surface area (Å²) in [5.74, 6) is -0.0658. The van der Waals surface area contributed by atoms with Crippen LogP contribution in [-0.4, -0.2) is 24.2 Å². The van der Waals surface area contributed by atoms with Crippen molar-refractivity contribution in [1.82, 2.24) is 0 Å². The van der Waals surface area contributed by atoms with Gasteiger partial charge in [0.2, 0.25) is 0 Å². The number of Topliss-reactive ketones (excluding diaryl/α,β-unsaturated/α-hetero) is 1. The molecule has 2 fully saturated rings. The lowest BCUT2D eigenvalue weighted by atomic mass is 9.89. The fourth-order valence-electron chi connectivity index (χ4n) is 2.79. The van der Waals surface area contributed by atoms with Gasteiger partial charge in [0.15, 0.2) is 0 Å². The van der Waals surface area contributed by atoms with E-state index in [0.29, 0.717) is 12.8 Å². The van der Waals surface area contributed by atoms with Gasteiger partial charge in [0.05, 0.1) is 12.2 Å². The first-order chi connectivity index (χ1) is 7.94. The highest BCUT2D eigenvalue weighted by Crippen LogP contribution is 2.37. The highest BCUT2D eigenvalue weighted by molar-refractivity contribution is 5.81. The maximum absolute atomic E-state index is 12.0. The fraction of sp³-hybridized carbons (Fsp3) is 0.917. The SMILES string of the molecule is O=C(CCCC(F)(F)F)C1CC2CCC(C1)O2. The monoisotopic (exact) mass is 250 g/mol. The highest BCUT2D eigenvalue weighted by Gasteiger charge is 2.37. The Morgan fingerprint density at radius 2 is 1.76 bits per heavy atom. The number of hydrogen-bond acceptors (Lipinski definition) is 2. The number of carbonyl (C=O) groups excluding carboxylic acids is 1. The molecule has 0 aliphatic carbocycles. The quantitative estimate of drug-likeness (QED) is 0.765. The average molecular weight is 250 g/mol. The lowest BCUT2D eigenvalue weighted by Gasteiger charge is -2.27. The standard InChI is InChI=1S/C12H17F3O2/c13-12(14,15)5-1-2-11(16)8-6-9-3-4-10(7-8)17-9/h8-10H,1-7H2. The Morgan fingerprint density at radius 1 is 1.18 bits per heavy atom. The van der Waals surface area contributed by atoms with E-state index >= 15 is 0 Å². The number of ketones is 1. The number of halogens is 3. The number of carbonyl (C=O) groups is 1. The molecule has 0 spiro atoms. The van der Waals surface area contributed by atoms with Crippen molar-refractivity contribution in [2.24, 2.45) is 5.92 Å². The van der Waals surface area contributed by atoms with Crippen molar-refractivity contribution in [1.29, 1.82) is 0 Å². The van der Waals surface area contributed by atoms with E-state index in [4.69, 9.17) is 4.74 Å². The topological polar surface area (TPSA) is 26.3 Å². The Hall–Kier alpha value is -0.580. The molecule has 2 bridgehead atoms. The fourth-order valence-corrected chi connectivity index (χ4v) is 2.79. The molecule has 2 nitrogen and oxygen atoms in total. The van der Waals surface area contributed by atoms with Crippen LogP contribution in [0.3, 0.4) is 0 Å². The van der Waals surface area contributed by atoms with Crippen molar-refractivity contribution in [3.63, 3.8) is 0 Å². The van der Waals surface area contributed by atoms with E-state index in [1.165, 1.54) is 0 Å². The van der Waals surface area contributed by atoms with Crippen molar-refractivity contribution in [3.05, 3.63) is 0 Å². The molecular weight excluding hydrogens is 233 g/mol. The van der Waals surface area contributed by atoms with E-state index in [9.17, 15) is 18.0 Å². The molecule has 0 amide bonds. The Labute approximate surface area is 98.5 Å². The van der Waals surface area contributed by atoms with Crippen LogP contribution in [0, 0.1) is 5.92 Å². The van der Waals surface area contributed by atoms with Crippen LogP contribution in [0.5, 0.6) is 0 Å². The lowest BCUT2D eigenvalue weighted by Crippen LogP contribution is -2.30. The van der Waals surface area contributed by atoms with Gasteiger partial charge in [0.1, 0.15) is 5.78 Å². The van der Waals surface area contributed by atoms with Crippen LogP contribution in [0.4, 0.5) is 13.2 Å². The number of fused-ring (bicyclic) bond motifs is 2. The van der Waals surface area contributed by atoms with Crippen LogP contribution in [0.2, 0.25) is 0 Å². The Kier molecular flexibility index (Phi) is 3.76. The predicted octanol–water partition coefficient (Wildman–Crippen LogP) is 3.25. The molecule has 0 aromatic rings. The molecule has 0 aromatic carbocycles. The van der Waals surface area contributed by atoms with Crippen molar-refractivity contribution in [2.75, 3.05) is 0 Å². The molecule has 2 aliphatic heterocycles. The molecule has 2 rings (SSSR count). The second-order valence-corrected chi connectivity index (χ2v) is 5.06. The van der Waals surface area contributed by atoms with E-state index in [2.05, 4.69) is 0 Å². The second-order valence-electron chi connectivity index (χ2n) is 5.06. The van der Waals surface area contributed by atoms with Crippen LogP contribution < -0.4 is 0 Å². The van der Waals surface area contributed by atoms with Gasteiger partial charge in [-0.25, -0.2) is 0 Å². The zero-order valence-electron chi connectivity index (χ0n) is 9.63. The van der Waals surface area contributed by atoms with Crippen molar-refractivity contribution < 1.29 is 22.7 Å². The molecule has 5 heteroatoms. The van der Waals surface area contributed by atoms with Crippen LogP contribution in [0.15, 0.2) is 0 Å². The number of hydrogen-bond donors (Lipinski definition) is 0. The van der Waals surface area contributed by atoms with E-state index in [-0.39, 0.29) is 36.8 Å². The first-order valence-corrected chi connectivity index (χ1v) is 6.19. The van der Waals surface area contributed by atoms with Crippen LogP contribution in [-0.2, 0) is 9.53 Å². The summed E-state index contributed by atoms with van der Waals surface area (Å²) in [6.45, 7) is 0. The van der Waals surface area contributed by atoms with Gasteiger partial charge < -0.3 is 4.74 Å². The Balaban J connectivity index is 1.73. The van der Waals surface area contributed by atoms with Gasteiger partial charge in [-0.2, -0.15) is 13.2 Å². The molecule has 17 heavy (non-hydrogen) atoms. The van der Waals surface area contributed by atoms with Gasteiger partial charge in [-0.1, -0.05) is 0 Å². The summed E-state index contributed by atoms with van der Waals surface area (Å²) >= 11 is 0. The molecule has 0 N–H and O–H groups in total. The van der Waals surface area contributed by atoms with Crippen molar-refractivity contribution >= 4 is 5.78 Å². The molecule has 2 heterocycles. The van der Waals surface area contributed by atoms with Crippen LogP contribution in [0.25, 0.3) is 0 Å². The average Bonchev–Trinajstić information content (AvgIpc) is 2.55. The summed E-state index contributed by atoms with van der Waals surface area (Å²) in [7, 11) is 0. The van der Waals surface area contributed by atoms with Gasteiger partial charge in [0.25, 0.3) is 0 Å². The smallest absolute Gasteiger partial charge is 0.375 e. The molecule has 2 saturated heterocycles. The van der Waals surface area contributed by atoms with Crippen molar-refractivity contribution in [2.45, 2.75) is 63.3 Å². The van der Waals surface area contributed by atoms with Crippen molar-refractivity contribution in [3.8, 4) is 0 Å². The second kappa shape index (κ2) is 4.96. The summed E-state index contributed by atoms with van der Waals surface area (Å²) in [6.07, 6.45) is -1.25. The molecule has 0 saturated carbocycles. The van der Waals surface area contributed by atoms with Gasteiger partial charge in [0, 0.05) is 18.8 Å². The highest BCUT2D eigenvalue weighted by atomic mass is 19.4. The molecule has 2 atom stereocenters. The molecule has 0 radical (unpaired) electrons. The summed E-state index contributed by atoms with van der Waals surface area (Å²) < 4.78 is 41.5. The first-order valence-electron chi connectivity index (χ1n) is 6.19. The summed E-state index contributed by atoms with van der Waals surface area (Å²) in [5, 5.41) is 0. The Bertz CT molecular complexity index is 276. The van der Waals surface area contributed by atoms with Gasteiger partial charge >= 0.3 is 6.18 Å². The van der Waals surface area contributed by atoms with Gasteiger partial charge in [-0.05, 0) is 32.1 Å². The zero-order chi connectivity index (χ0) is 12.5. The van der Waals surface area contributed by atoms with Crippen LogP contribution in [0.1, 0.15) is 44.9 Å². The number of ether oxygens (including phenoxy) is 1. The summed E-state index contributed by atoms with van der Waals surface area (Å²) in [6, 6.07) is 0. The minimum absolute atomic E-state index is 0.00514. The van der Waals surface area contributed by atoms with Crippen LogP contribution >= 0.6 is 0 Å².